The molecule has 0 aromatic carbocycles. The van der Waals surface area contributed by atoms with Crippen LogP contribution in [-0.4, -0.2) is 16.4 Å². The third-order valence-corrected chi connectivity index (χ3v) is 1.99. The molecule has 0 atom stereocenters. The van der Waals surface area contributed by atoms with E-state index in [2.05, 4.69) is 18.2 Å². The van der Waals surface area contributed by atoms with Crippen molar-refractivity contribution in [1.29, 1.82) is 0 Å². The lowest BCUT2D eigenvalue weighted by molar-refractivity contribution is 0.110. The van der Waals surface area contributed by atoms with Crippen molar-refractivity contribution in [2.45, 2.75) is 26.5 Å². The van der Waals surface area contributed by atoms with E-state index in [9.17, 15) is 0 Å². The SMILES string of the molecule is CCn1cc2c(n1)CCOC2. The monoisotopic (exact) mass is 152 g/mol. The van der Waals surface area contributed by atoms with E-state index in [0.29, 0.717) is 0 Å². The van der Waals surface area contributed by atoms with Crippen LogP contribution in [0.25, 0.3) is 0 Å². The van der Waals surface area contributed by atoms with Crippen molar-refractivity contribution >= 4 is 0 Å². The first-order valence-electron chi connectivity index (χ1n) is 4.03. The highest BCUT2D eigenvalue weighted by atomic mass is 16.5. The summed E-state index contributed by atoms with van der Waals surface area (Å²) in [4.78, 5) is 0. The summed E-state index contributed by atoms with van der Waals surface area (Å²) in [6.07, 6.45) is 3.05. The second kappa shape index (κ2) is 2.66. The Morgan fingerprint density at radius 1 is 1.73 bits per heavy atom. The zero-order chi connectivity index (χ0) is 7.68. The molecule has 1 aromatic rings. The average Bonchev–Trinajstić information content (AvgIpc) is 2.46. The molecule has 0 spiro atoms. The zero-order valence-corrected chi connectivity index (χ0v) is 6.71. The van der Waals surface area contributed by atoms with Gasteiger partial charge in [-0.25, -0.2) is 0 Å². The molecule has 0 fully saturated rings. The third kappa shape index (κ3) is 1.16. The average molecular weight is 152 g/mol. The summed E-state index contributed by atoms with van der Waals surface area (Å²) in [7, 11) is 0. The molecule has 1 aromatic heterocycles. The van der Waals surface area contributed by atoms with Crippen LogP contribution in [-0.2, 0) is 24.3 Å². The summed E-state index contributed by atoms with van der Waals surface area (Å²) in [5, 5.41) is 4.41. The molecule has 2 heterocycles. The minimum atomic E-state index is 0.745. The second-order valence-electron chi connectivity index (χ2n) is 2.76. The van der Waals surface area contributed by atoms with Crippen LogP contribution < -0.4 is 0 Å². The summed E-state index contributed by atoms with van der Waals surface area (Å²) in [6.45, 7) is 4.62. The van der Waals surface area contributed by atoms with Crippen molar-refractivity contribution in [2.24, 2.45) is 0 Å². The number of rotatable bonds is 1. The first-order chi connectivity index (χ1) is 5.40. The number of fused-ring (bicyclic) bond motifs is 1. The van der Waals surface area contributed by atoms with E-state index in [4.69, 9.17) is 4.74 Å². The highest BCUT2D eigenvalue weighted by Gasteiger charge is 2.12. The Hall–Kier alpha value is -0.830. The molecule has 0 bridgehead atoms. The van der Waals surface area contributed by atoms with Gasteiger partial charge in [-0.3, -0.25) is 4.68 Å². The van der Waals surface area contributed by atoms with Gasteiger partial charge in [-0.15, -0.1) is 0 Å². The van der Waals surface area contributed by atoms with Crippen LogP contribution in [0.4, 0.5) is 0 Å². The highest BCUT2D eigenvalue weighted by Crippen LogP contribution is 2.13. The number of nitrogens with zero attached hydrogens (tertiary/aromatic N) is 2. The summed E-state index contributed by atoms with van der Waals surface area (Å²) in [6, 6.07) is 0. The number of hydrogen-bond donors (Lipinski definition) is 0. The molecule has 0 unspecified atom stereocenters. The maximum Gasteiger partial charge on any atom is 0.0750 e. The van der Waals surface area contributed by atoms with Gasteiger partial charge in [-0.2, -0.15) is 5.10 Å². The molecule has 0 saturated carbocycles. The van der Waals surface area contributed by atoms with Gasteiger partial charge in [0, 0.05) is 24.7 Å². The van der Waals surface area contributed by atoms with Crippen LogP contribution in [0.3, 0.4) is 0 Å². The third-order valence-electron chi connectivity index (χ3n) is 1.99. The fourth-order valence-electron chi connectivity index (χ4n) is 1.35. The zero-order valence-electron chi connectivity index (χ0n) is 6.71. The quantitative estimate of drug-likeness (QED) is 0.599. The van der Waals surface area contributed by atoms with Crippen LogP contribution in [0.5, 0.6) is 0 Å². The van der Waals surface area contributed by atoms with Crippen LogP contribution in [0.15, 0.2) is 6.20 Å². The maximum absolute atomic E-state index is 5.30. The molecule has 1 aliphatic rings. The fourth-order valence-corrected chi connectivity index (χ4v) is 1.35. The van der Waals surface area contributed by atoms with E-state index in [0.717, 1.165) is 26.2 Å². The van der Waals surface area contributed by atoms with Gasteiger partial charge >= 0.3 is 0 Å². The van der Waals surface area contributed by atoms with Crippen LogP contribution in [0.2, 0.25) is 0 Å². The number of aromatic nitrogens is 2. The molecule has 0 radical (unpaired) electrons. The maximum atomic E-state index is 5.30. The Kier molecular flexibility index (Phi) is 1.66. The normalized spacial score (nSPS) is 16.5. The lowest BCUT2D eigenvalue weighted by atomic mass is 10.2. The minimum Gasteiger partial charge on any atom is -0.376 e. The standard InChI is InChI=1S/C8H12N2O/c1-2-10-5-7-6-11-4-3-8(7)9-10/h5H,2-4,6H2,1H3. The second-order valence-corrected chi connectivity index (χ2v) is 2.76. The van der Waals surface area contributed by atoms with Gasteiger partial charge in [0.05, 0.1) is 18.9 Å². The Balaban J connectivity index is 2.32. The minimum absolute atomic E-state index is 0.745. The van der Waals surface area contributed by atoms with Crippen molar-refractivity contribution < 1.29 is 4.74 Å². The van der Waals surface area contributed by atoms with Gasteiger partial charge in [0.25, 0.3) is 0 Å². The van der Waals surface area contributed by atoms with Crippen LogP contribution >= 0.6 is 0 Å². The number of ether oxygens (including phenoxy) is 1. The van der Waals surface area contributed by atoms with E-state index in [1.165, 1.54) is 11.3 Å². The smallest absolute Gasteiger partial charge is 0.0750 e. The molecule has 0 amide bonds. The Morgan fingerprint density at radius 2 is 2.64 bits per heavy atom. The van der Waals surface area contributed by atoms with E-state index in [-0.39, 0.29) is 0 Å². The van der Waals surface area contributed by atoms with Gasteiger partial charge in [0.2, 0.25) is 0 Å². The van der Waals surface area contributed by atoms with Gasteiger partial charge in [0.1, 0.15) is 0 Å². The Labute approximate surface area is 66.0 Å². The molecule has 0 aliphatic carbocycles. The Bertz CT molecular complexity index is 231. The number of aryl methyl sites for hydroxylation is 1. The topological polar surface area (TPSA) is 27.1 Å². The van der Waals surface area contributed by atoms with Crippen molar-refractivity contribution in [1.82, 2.24) is 9.78 Å². The molecule has 3 nitrogen and oxygen atoms in total. The van der Waals surface area contributed by atoms with Crippen molar-refractivity contribution in [3.8, 4) is 0 Å². The van der Waals surface area contributed by atoms with E-state index in [1.807, 2.05) is 4.68 Å². The molecule has 0 N–H and O–H groups in total. The molecule has 3 heteroatoms. The van der Waals surface area contributed by atoms with E-state index >= 15 is 0 Å². The van der Waals surface area contributed by atoms with Crippen molar-refractivity contribution in [2.75, 3.05) is 6.61 Å². The Morgan fingerprint density at radius 3 is 3.36 bits per heavy atom. The summed E-state index contributed by atoms with van der Waals surface area (Å²) >= 11 is 0. The fraction of sp³-hybridized carbons (Fsp3) is 0.625. The molecule has 2 rings (SSSR count). The molecular weight excluding hydrogens is 140 g/mol. The predicted molar refractivity (Wildman–Crippen MR) is 41.3 cm³/mol. The molecule has 11 heavy (non-hydrogen) atoms. The summed E-state index contributed by atoms with van der Waals surface area (Å²) in [5.74, 6) is 0. The lowest BCUT2D eigenvalue weighted by Gasteiger charge is -2.08. The highest BCUT2D eigenvalue weighted by molar-refractivity contribution is 5.17. The first kappa shape index (κ1) is 6.85. The predicted octanol–water partition coefficient (Wildman–Crippen LogP) is 0.976. The first-order valence-corrected chi connectivity index (χ1v) is 4.03. The largest absolute Gasteiger partial charge is 0.376 e. The van der Waals surface area contributed by atoms with E-state index in [1.54, 1.807) is 0 Å². The lowest BCUT2D eigenvalue weighted by Crippen LogP contribution is -2.08. The van der Waals surface area contributed by atoms with E-state index < -0.39 is 0 Å². The van der Waals surface area contributed by atoms with Crippen molar-refractivity contribution in [3.63, 3.8) is 0 Å². The number of hydrogen-bond acceptors (Lipinski definition) is 2. The molecule has 60 valence electrons. The molecular formula is C8H12N2O. The van der Waals surface area contributed by atoms with Gasteiger partial charge in [-0.1, -0.05) is 0 Å². The molecule has 1 aliphatic heterocycles. The van der Waals surface area contributed by atoms with Crippen molar-refractivity contribution in [3.05, 3.63) is 17.5 Å². The van der Waals surface area contributed by atoms with Gasteiger partial charge < -0.3 is 4.74 Å². The van der Waals surface area contributed by atoms with Gasteiger partial charge in [0.15, 0.2) is 0 Å². The van der Waals surface area contributed by atoms with Gasteiger partial charge in [-0.05, 0) is 6.92 Å². The summed E-state index contributed by atoms with van der Waals surface area (Å²) < 4.78 is 7.27. The van der Waals surface area contributed by atoms with Crippen LogP contribution in [0.1, 0.15) is 18.2 Å². The molecule has 0 saturated heterocycles. The van der Waals surface area contributed by atoms with Crippen LogP contribution in [0, 0.1) is 0 Å². The summed E-state index contributed by atoms with van der Waals surface area (Å²) in [5.41, 5.74) is 2.48.